The molecule has 1 rings (SSSR count). The van der Waals surface area contributed by atoms with Crippen molar-refractivity contribution in [3.8, 4) is 0 Å². The zero-order chi connectivity index (χ0) is 11.0. The first-order valence-corrected chi connectivity index (χ1v) is 7.60. The van der Waals surface area contributed by atoms with Gasteiger partial charge in [0.25, 0.3) is 0 Å². The van der Waals surface area contributed by atoms with Gasteiger partial charge in [0.15, 0.2) is 6.57 Å². The first-order valence-electron chi connectivity index (χ1n) is 4.93. The van der Waals surface area contributed by atoms with Crippen LogP contribution < -0.4 is 5.09 Å². The van der Waals surface area contributed by atoms with E-state index in [2.05, 4.69) is 25.9 Å². The first-order chi connectivity index (χ1) is 6.26. The maximum Gasteiger partial charge on any atom is 0.200 e. The minimum Gasteiger partial charge on any atom is -0.326 e. The second-order valence-electron chi connectivity index (χ2n) is 5.09. The van der Waals surface area contributed by atoms with Crippen LogP contribution in [0.1, 0.15) is 20.8 Å². The van der Waals surface area contributed by atoms with Gasteiger partial charge < -0.3 is 4.52 Å². The Hall–Kier alpha value is 0.530. The average molecular weight is 236 g/mol. The summed E-state index contributed by atoms with van der Waals surface area (Å²) in [6.07, 6.45) is 0. The molecular formula is C9H21N2OPS. The van der Waals surface area contributed by atoms with Crippen molar-refractivity contribution in [3.63, 3.8) is 0 Å². The molecule has 1 aliphatic heterocycles. The van der Waals surface area contributed by atoms with Crippen molar-refractivity contribution in [3.05, 3.63) is 0 Å². The standard InChI is InChI=1S/C9H21N2OPS/c1-9(2,3)8-6-10-13(14,11(4)5)12-7-8/h8H,6-7H2,1-5H3,(H,10,14)/t8-,13-/m1/s1. The second-order valence-corrected chi connectivity index (χ2v) is 8.99. The van der Waals surface area contributed by atoms with Crippen LogP contribution in [0, 0.1) is 11.3 Å². The van der Waals surface area contributed by atoms with E-state index in [1.165, 1.54) is 0 Å². The summed E-state index contributed by atoms with van der Waals surface area (Å²) in [5.74, 6) is 0.554. The smallest absolute Gasteiger partial charge is 0.200 e. The van der Waals surface area contributed by atoms with Crippen LogP contribution in [-0.4, -0.2) is 31.9 Å². The molecule has 1 aliphatic rings. The summed E-state index contributed by atoms with van der Waals surface area (Å²) >= 11 is 5.46. The summed E-state index contributed by atoms with van der Waals surface area (Å²) in [6.45, 7) is 6.61. The van der Waals surface area contributed by atoms with Crippen LogP contribution >= 0.6 is 6.57 Å². The van der Waals surface area contributed by atoms with Crippen LogP contribution in [0.3, 0.4) is 0 Å². The highest BCUT2D eigenvalue weighted by atomic mass is 32.5. The van der Waals surface area contributed by atoms with Gasteiger partial charge in [0.2, 0.25) is 0 Å². The Morgan fingerprint density at radius 1 is 1.43 bits per heavy atom. The zero-order valence-corrected chi connectivity index (χ0v) is 11.4. The van der Waals surface area contributed by atoms with Crippen LogP contribution in [0.4, 0.5) is 0 Å². The normalized spacial score (nSPS) is 34.9. The predicted molar refractivity (Wildman–Crippen MR) is 64.9 cm³/mol. The SMILES string of the molecule is CN(C)[P@]1(=S)NC[C@@H](C(C)(C)C)CO1. The third kappa shape index (κ3) is 2.77. The van der Waals surface area contributed by atoms with E-state index in [-0.39, 0.29) is 0 Å². The molecule has 2 atom stereocenters. The Bertz CT molecular complexity index is 238. The zero-order valence-electron chi connectivity index (χ0n) is 9.70. The van der Waals surface area contributed by atoms with Gasteiger partial charge in [0.1, 0.15) is 0 Å². The first kappa shape index (κ1) is 12.6. The molecule has 0 aromatic rings. The molecule has 84 valence electrons. The van der Waals surface area contributed by atoms with E-state index < -0.39 is 6.57 Å². The number of nitrogens with zero attached hydrogens (tertiary/aromatic N) is 1. The van der Waals surface area contributed by atoms with Gasteiger partial charge in [-0.15, -0.1) is 0 Å². The topological polar surface area (TPSA) is 24.5 Å². The molecule has 14 heavy (non-hydrogen) atoms. The van der Waals surface area contributed by atoms with E-state index in [1.807, 2.05) is 18.8 Å². The Balaban J connectivity index is 2.59. The molecule has 0 aliphatic carbocycles. The van der Waals surface area contributed by atoms with Crippen LogP contribution in [0.25, 0.3) is 0 Å². The molecule has 1 fully saturated rings. The van der Waals surface area contributed by atoms with Crippen molar-refractivity contribution in [1.82, 2.24) is 9.76 Å². The highest BCUT2D eigenvalue weighted by Gasteiger charge is 2.34. The molecule has 1 saturated heterocycles. The molecule has 0 saturated carbocycles. The third-order valence-electron chi connectivity index (χ3n) is 2.74. The number of nitrogens with one attached hydrogen (secondary N) is 1. The van der Waals surface area contributed by atoms with Gasteiger partial charge in [0, 0.05) is 12.5 Å². The van der Waals surface area contributed by atoms with Crippen molar-refractivity contribution in [2.75, 3.05) is 27.2 Å². The predicted octanol–water partition coefficient (Wildman–Crippen LogP) is 2.05. The summed E-state index contributed by atoms with van der Waals surface area (Å²) < 4.78 is 7.81. The van der Waals surface area contributed by atoms with Gasteiger partial charge in [-0.2, -0.15) is 0 Å². The van der Waals surface area contributed by atoms with Gasteiger partial charge in [-0.25, -0.2) is 4.67 Å². The van der Waals surface area contributed by atoms with Crippen LogP contribution in [0.15, 0.2) is 0 Å². The monoisotopic (exact) mass is 236 g/mol. The van der Waals surface area contributed by atoms with Gasteiger partial charge in [-0.3, -0.25) is 5.09 Å². The maximum atomic E-state index is 5.81. The molecule has 0 amide bonds. The highest BCUT2D eigenvalue weighted by molar-refractivity contribution is 8.10. The Kier molecular flexibility index (Phi) is 3.77. The molecule has 0 aromatic heterocycles. The van der Waals surface area contributed by atoms with Crippen LogP contribution in [0.2, 0.25) is 0 Å². The molecule has 3 nitrogen and oxygen atoms in total. The van der Waals surface area contributed by atoms with Crippen molar-refractivity contribution in [2.45, 2.75) is 20.8 Å². The van der Waals surface area contributed by atoms with Gasteiger partial charge >= 0.3 is 0 Å². The number of rotatable bonds is 1. The van der Waals surface area contributed by atoms with E-state index in [9.17, 15) is 0 Å². The number of hydrogen-bond donors (Lipinski definition) is 1. The Labute approximate surface area is 92.4 Å². The largest absolute Gasteiger partial charge is 0.326 e. The lowest BCUT2D eigenvalue weighted by atomic mass is 9.81. The Morgan fingerprint density at radius 2 is 2.00 bits per heavy atom. The van der Waals surface area contributed by atoms with Gasteiger partial charge in [-0.05, 0) is 31.3 Å². The van der Waals surface area contributed by atoms with Gasteiger partial charge in [-0.1, -0.05) is 20.8 Å². The molecule has 1 heterocycles. The Morgan fingerprint density at radius 3 is 2.29 bits per heavy atom. The molecule has 1 N–H and O–H groups in total. The van der Waals surface area contributed by atoms with Crippen LogP contribution in [0.5, 0.6) is 0 Å². The lowest BCUT2D eigenvalue weighted by Crippen LogP contribution is -2.41. The molecular weight excluding hydrogens is 215 g/mol. The third-order valence-corrected chi connectivity index (χ3v) is 6.56. The van der Waals surface area contributed by atoms with E-state index in [1.54, 1.807) is 0 Å². The molecule has 5 heteroatoms. The van der Waals surface area contributed by atoms with E-state index in [0.29, 0.717) is 11.3 Å². The van der Waals surface area contributed by atoms with Crippen molar-refractivity contribution < 1.29 is 4.52 Å². The summed E-state index contributed by atoms with van der Waals surface area (Å²) in [4.78, 5) is 0. The van der Waals surface area contributed by atoms with E-state index in [0.717, 1.165) is 13.2 Å². The second kappa shape index (κ2) is 4.18. The van der Waals surface area contributed by atoms with Crippen molar-refractivity contribution in [2.24, 2.45) is 11.3 Å². The quantitative estimate of drug-likeness (QED) is 0.704. The van der Waals surface area contributed by atoms with E-state index in [4.69, 9.17) is 16.3 Å². The summed E-state index contributed by atoms with van der Waals surface area (Å²) in [5.41, 5.74) is 0.292. The lowest BCUT2D eigenvalue weighted by molar-refractivity contribution is 0.131. The van der Waals surface area contributed by atoms with Crippen LogP contribution in [-0.2, 0) is 16.3 Å². The summed E-state index contributed by atoms with van der Waals surface area (Å²) in [5, 5.41) is 3.38. The minimum atomic E-state index is -1.88. The fourth-order valence-electron chi connectivity index (χ4n) is 1.33. The molecule has 0 unspecified atom stereocenters. The minimum absolute atomic E-state index is 0.292. The fourth-order valence-corrected chi connectivity index (χ4v) is 3.18. The molecule has 0 radical (unpaired) electrons. The molecule has 0 bridgehead atoms. The van der Waals surface area contributed by atoms with Crippen molar-refractivity contribution >= 4 is 18.4 Å². The summed E-state index contributed by atoms with van der Waals surface area (Å²) in [7, 11) is 3.95. The highest BCUT2D eigenvalue weighted by Crippen LogP contribution is 2.49. The average Bonchev–Trinajstić information content (AvgIpc) is 2.03. The molecule has 0 spiro atoms. The summed E-state index contributed by atoms with van der Waals surface area (Å²) in [6, 6.07) is 0. The number of hydrogen-bond acceptors (Lipinski definition) is 2. The van der Waals surface area contributed by atoms with E-state index >= 15 is 0 Å². The maximum absolute atomic E-state index is 5.81. The molecule has 0 aromatic carbocycles. The fraction of sp³-hybridized carbons (Fsp3) is 1.00. The van der Waals surface area contributed by atoms with Crippen molar-refractivity contribution in [1.29, 1.82) is 0 Å². The lowest BCUT2D eigenvalue weighted by Gasteiger charge is -2.41. The van der Waals surface area contributed by atoms with Gasteiger partial charge in [0.05, 0.1) is 6.61 Å².